The molecule has 21 heavy (non-hydrogen) atoms. The Hall–Kier alpha value is -2.88. The van der Waals surface area contributed by atoms with E-state index in [0.29, 0.717) is 18.1 Å². The lowest BCUT2D eigenvalue weighted by molar-refractivity contribution is 0.383. The lowest BCUT2D eigenvalue weighted by Gasteiger charge is -1.96. The average Bonchev–Trinajstić information content (AvgIpc) is 2.96. The van der Waals surface area contributed by atoms with E-state index >= 15 is 0 Å². The van der Waals surface area contributed by atoms with Gasteiger partial charge in [0, 0.05) is 5.69 Å². The van der Waals surface area contributed by atoms with Gasteiger partial charge < -0.3 is 10.3 Å². The van der Waals surface area contributed by atoms with Crippen molar-refractivity contribution in [2.75, 3.05) is 5.73 Å². The Bertz CT molecular complexity index is 730. The van der Waals surface area contributed by atoms with E-state index in [4.69, 9.17) is 10.3 Å². The van der Waals surface area contributed by atoms with Crippen LogP contribution in [0.2, 0.25) is 0 Å². The topological polar surface area (TPSA) is 64.9 Å². The van der Waals surface area contributed by atoms with Crippen molar-refractivity contribution >= 4 is 17.8 Å². The number of anilines is 1. The number of nitrogens with two attached hydrogens (primary N) is 1. The van der Waals surface area contributed by atoms with Crippen LogP contribution in [0.25, 0.3) is 12.2 Å². The highest BCUT2D eigenvalue weighted by Crippen LogP contribution is 2.11. The van der Waals surface area contributed by atoms with Gasteiger partial charge in [0.1, 0.15) is 0 Å². The van der Waals surface area contributed by atoms with Gasteiger partial charge in [0.05, 0.1) is 6.42 Å². The zero-order valence-electron chi connectivity index (χ0n) is 11.4. The fourth-order valence-electron chi connectivity index (χ4n) is 1.95. The van der Waals surface area contributed by atoms with Crippen molar-refractivity contribution in [1.29, 1.82) is 0 Å². The zero-order chi connectivity index (χ0) is 14.5. The maximum absolute atomic E-state index is 5.66. The molecule has 0 atom stereocenters. The second-order valence-electron chi connectivity index (χ2n) is 4.71. The van der Waals surface area contributed by atoms with Gasteiger partial charge in [-0.15, -0.1) is 0 Å². The Balaban J connectivity index is 1.69. The van der Waals surface area contributed by atoms with Crippen LogP contribution in [0.3, 0.4) is 0 Å². The normalized spacial score (nSPS) is 11.0. The van der Waals surface area contributed by atoms with Crippen molar-refractivity contribution in [2.45, 2.75) is 6.42 Å². The first kappa shape index (κ1) is 13.1. The van der Waals surface area contributed by atoms with Crippen LogP contribution < -0.4 is 5.73 Å². The number of nitrogens with zero attached hydrogens (tertiary/aromatic N) is 2. The molecule has 2 N–H and O–H groups in total. The van der Waals surface area contributed by atoms with Crippen LogP contribution in [0.4, 0.5) is 5.69 Å². The summed E-state index contributed by atoms with van der Waals surface area (Å²) in [5.41, 5.74) is 8.59. The molecule has 0 unspecified atom stereocenters. The third-order valence-electron chi connectivity index (χ3n) is 3.04. The molecule has 3 aromatic rings. The quantitative estimate of drug-likeness (QED) is 0.742. The highest BCUT2D eigenvalue weighted by atomic mass is 16.5. The summed E-state index contributed by atoms with van der Waals surface area (Å²) in [6.07, 6.45) is 4.40. The van der Waals surface area contributed by atoms with E-state index in [1.807, 2.05) is 66.7 Å². The molecule has 0 radical (unpaired) electrons. The summed E-state index contributed by atoms with van der Waals surface area (Å²) >= 11 is 0. The van der Waals surface area contributed by atoms with E-state index in [0.717, 1.165) is 16.8 Å². The summed E-state index contributed by atoms with van der Waals surface area (Å²) in [4.78, 5) is 4.35. The second kappa shape index (κ2) is 6.05. The van der Waals surface area contributed by atoms with E-state index in [2.05, 4.69) is 10.1 Å². The summed E-state index contributed by atoms with van der Waals surface area (Å²) in [5, 5.41) is 3.95. The minimum Gasteiger partial charge on any atom is -0.399 e. The van der Waals surface area contributed by atoms with Crippen molar-refractivity contribution in [3.05, 3.63) is 77.4 Å². The number of hydrogen-bond acceptors (Lipinski definition) is 4. The molecule has 0 fully saturated rings. The summed E-state index contributed by atoms with van der Waals surface area (Å²) in [7, 11) is 0. The molecule has 0 aliphatic carbocycles. The molecule has 0 saturated carbocycles. The fourth-order valence-corrected chi connectivity index (χ4v) is 1.95. The minimum absolute atomic E-state index is 0.573. The van der Waals surface area contributed by atoms with Gasteiger partial charge in [0.2, 0.25) is 5.89 Å². The molecule has 0 aliphatic rings. The first-order valence-corrected chi connectivity index (χ1v) is 6.70. The van der Waals surface area contributed by atoms with Crippen molar-refractivity contribution in [2.24, 2.45) is 0 Å². The van der Waals surface area contributed by atoms with Gasteiger partial charge in [-0.25, -0.2) is 0 Å². The Morgan fingerprint density at radius 2 is 1.71 bits per heavy atom. The van der Waals surface area contributed by atoms with Crippen LogP contribution >= 0.6 is 0 Å². The number of benzene rings is 2. The summed E-state index contributed by atoms with van der Waals surface area (Å²) in [5.74, 6) is 1.16. The molecule has 1 aromatic heterocycles. The highest BCUT2D eigenvalue weighted by molar-refractivity contribution is 5.66. The van der Waals surface area contributed by atoms with Gasteiger partial charge in [-0.3, -0.25) is 0 Å². The van der Waals surface area contributed by atoms with E-state index < -0.39 is 0 Å². The smallest absolute Gasteiger partial charge is 0.231 e. The number of aromatic nitrogens is 2. The van der Waals surface area contributed by atoms with E-state index in [-0.39, 0.29) is 0 Å². The van der Waals surface area contributed by atoms with Crippen LogP contribution in [0, 0.1) is 0 Å². The van der Waals surface area contributed by atoms with Gasteiger partial charge in [-0.1, -0.05) is 53.7 Å². The Morgan fingerprint density at radius 1 is 0.952 bits per heavy atom. The van der Waals surface area contributed by atoms with Gasteiger partial charge >= 0.3 is 0 Å². The Labute approximate surface area is 122 Å². The van der Waals surface area contributed by atoms with Gasteiger partial charge in [-0.2, -0.15) is 4.98 Å². The standard InChI is InChI=1S/C17H15N3O/c18-15-9-6-14(7-10-15)12-17-19-16(20-21-17)11-8-13-4-2-1-3-5-13/h1-11H,12,18H2/b11-8+. The van der Waals surface area contributed by atoms with Crippen LogP contribution in [-0.2, 0) is 6.42 Å². The molecule has 2 aromatic carbocycles. The fraction of sp³-hybridized carbons (Fsp3) is 0.0588. The second-order valence-corrected chi connectivity index (χ2v) is 4.71. The average molecular weight is 277 g/mol. The zero-order valence-corrected chi connectivity index (χ0v) is 11.4. The van der Waals surface area contributed by atoms with Crippen LogP contribution in [-0.4, -0.2) is 10.1 Å². The summed E-state index contributed by atoms with van der Waals surface area (Å²) < 4.78 is 5.24. The molecule has 0 spiro atoms. The van der Waals surface area contributed by atoms with Crippen molar-refractivity contribution in [3.8, 4) is 0 Å². The van der Waals surface area contributed by atoms with E-state index in [1.165, 1.54) is 0 Å². The monoisotopic (exact) mass is 277 g/mol. The largest absolute Gasteiger partial charge is 0.399 e. The van der Waals surface area contributed by atoms with Gasteiger partial charge in [0.25, 0.3) is 0 Å². The molecule has 0 amide bonds. The van der Waals surface area contributed by atoms with Crippen LogP contribution in [0.1, 0.15) is 22.8 Å². The predicted octanol–water partition coefficient (Wildman–Crippen LogP) is 3.41. The van der Waals surface area contributed by atoms with Gasteiger partial charge in [-0.05, 0) is 29.3 Å². The molecule has 4 nitrogen and oxygen atoms in total. The minimum atomic E-state index is 0.573. The number of hydrogen-bond donors (Lipinski definition) is 1. The molecule has 104 valence electrons. The maximum Gasteiger partial charge on any atom is 0.231 e. The molecule has 0 saturated heterocycles. The van der Waals surface area contributed by atoms with E-state index in [9.17, 15) is 0 Å². The Morgan fingerprint density at radius 3 is 2.48 bits per heavy atom. The Kier molecular flexibility index (Phi) is 3.78. The predicted molar refractivity (Wildman–Crippen MR) is 83.3 cm³/mol. The third-order valence-corrected chi connectivity index (χ3v) is 3.04. The van der Waals surface area contributed by atoms with Crippen LogP contribution in [0.15, 0.2) is 59.1 Å². The number of nitrogen functional groups attached to an aromatic ring is 1. The van der Waals surface area contributed by atoms with Crippen molar-refractivity contribution < 1.29 is 4.52 Å². The lowest BCUT2D eigenvalue weighted by Crippen LogP contribution is -1.90. The lowest BCUT2D eigenvalue weighted by atomic mass is 10.1. The molecule has 4 heteroatoms. The van der Waals surface area contributed by atoms with Crippen molar-refractivity contribution in [1.82, 2.24) is 10.1 Å². The van der Waals surface area contributed by atoms with E-state index in [1.54, 1.807) is 0 Å². The molecule has 0 bridgehead atoms. The summed E-state index contributed by atoms with van der Waals surface area (Å²) in [6, 6.07) is 17.6. The molecule has 0 aliphatic heterocycles. The molecule has 1 heterocycles. The number of rotatable bonds is 4. The molecule has 3 rings (SSSR count). The first-order valence-electron chi connectivity index (χ1n) is 6.70. The third kappa shape index (κ3) is 3.57. The molecular weight excluding hydrogens is 262 g/mol. The van der Waals surface area contributed by atoms with Gasteiger partial charge in [0.15, 0.2) is 5.82 Å². The van der Waals surface area contributed by atoms with Crippen molar-refractivity contribution in [3.63, 3.8) is 0 Å². The SMILES string of the molecule is Nc1ccc(Cc2nc(/C=C/c3ccccc3)no2)cc1. The maximum atomic E-state index is 5.66. The molecular formula is C17H15N3O. The van der Waals surface area contributed by atoms with Crippen LogP contribution in [0.5, 0.6) is 0 Å². The summed E-state index contributed by atoms with van der Waals surface area (Å²) in [6.45, 7) is 0. The first-order chi connectivity index (χ1) is 10.3. The highest BCUT2D eigenvalue weighted by Gasteiger charge is 2.05.